The number of hydrogen-bond acceptors (Lipinski definition) is 3. The van der Waals surface area contributed by atoms with E-state index >= 15 is 0 Å². The third kappa shape index (κ3) is 6.16. The van der Waals surface area contributed by atoms with Crippen LogP contribution in [0.2, 0.25) is 0 Å². The Labute approximate surface area is 151 Å². The number of nitrogens with two attached hydrogens (primary N) is 1. The second kappa shape index (κ2) is 10.2. The summed E-state index contributed by atoms with van der Waals surface area (Å²) in [4.78, 5) is 28.5. The smallest absolute Gasteiger partial charge is 0.227 e. The first-order chi connectivity index (χ1) is 12.1. The van der Waals surface area contributed by atoms with Crippen molar-refractivity contribution in [2.24, 2.45) is 5.73 Å². The molecule has 1 aromatic carbocycles. The van der Waals surface area contributed by atoms with Gasteiger partial charge in [-0.15, -0.1) is 0 Å². The lowest BCUT2D eigenvalue weighted by Gasteiger charge is -2.35. The zero-order valence-electron chi connectivity index (χ0n) is 15.4. The fourth-order valence-corrected chi connectivity index (χ4v) is 3.22. The molecular weight excluding hydrogens is 314 g/mol. The summed E-state index contributed by atoms with van der Waals surface area (Å²) < 4.78 is 0. The lowest BCUT2D eigenvalue weighted by Crippen LogP contribution is -2.51. The van der Waals surface area contributed by atoms with Crippen LogP contribution in [0.25, 0.3) is 0 Å². The van der Waals surface area contributed by atoms with E-state index in [9.17, 15) is 9.59 Å². The maximum absolute atomic E-state index is 12.5. The summed E-state index contributed by atoms with van der Waals surface area (Å²) in [5.41, 5.74) is 7.71. The molecule has 0 saturated carbocycles. The van der Waals surface area contributed by atoms with Crippen LogP contribution in [0.1, 0.15) is 43.2 Å². The van der Waals surface area contributed by atoms with E-state index in [1.54, 1.807) is 0 Å². The Morgan fingerprint density at radius 1 is 0.920 bits per heavy atom. The van der Waals surface area contributed by atoms with Gasteiger partial charge >= 0.3 is 0 Å². The first kappa shape index (κ1) is 19.4. The van der Waals surface area contributed by atoms with Crippen LogP contribution in [0, 0.1) is 6.92 Å². The monoisotopic (exact) mass is 345 g/mol. The molecule has 0 aromatic heterocycles. The van der Waals surface area contributed by atoms with Crippen molar-refractivity contribution in [3.8, 4) is 0 Å². The zero-order valence-corrected chi connectivity index (χ0v) is 15.4. The van der Waals surface area contributed by atoms with Crippen molar-refractivity contribution < 1.29 is 9.59 Å². The number of piperazine rings is 1. The molecule has 0 bridgehead atoms. The molecule has 2 N–H and O–H groups in total. The van der Waals surface area contributed by atoms with Crippen LogP contribution in [0.5, 0.6) is 0 Å². The highest BCUT2D eigenvalue weighted by Crippen LogP contribution is 2.12. The van der Waals surface area contributed by atoms with E-state index in [4.69, 9.17) is 5.73 Å². The van der Waals surface area contributed by atoms with Gasteiger partial charge in [0.2, 0.25) is 11.8 Å². The number of hydrogen-bond donors (Lipinski definition) is 1. The predicted octanol–water partition coefficient (Wildman–Crippen LogP) is 2.12. The molecule has 0 radical (unpaired) electrons. The molecule has 2 rings (SSSR count). The summed E-state index contributed by atoms with van der Waals surface area (Å²) in [6, 6.07) is 8.01. The Bertz CT molecular complexity index is 566. The van der Waals surface area contributed by atoms with E-state index in [-0.39, 0.29) is 11.8 Å². The number of unbranched alkanes of at least 4 members (excludes halogenated alkanes) is 3. The van der Waals surface area contributed by atoms with E-state index in [1.165, 1.54) is 0 Å². The molecule has 2 amide bonds. The van der Waals surface area contributed by atoms with Gasteiger partial charge in [0.1, 0.15) is 0 Å². The highest BCUT2D eigenvalue weighted by molar-refractivity contribution is 5.80. The number of benzene rings is 1. The normalized spacial score (nSPS) is 14.6. The van der Waals surface area contributed by atoms with Gasteiger partial charge in [0.05, 0.1) is 6.42 Å². The van der Waals surface area contributed by atoms with Crippen molar-refractivity contribution in [2.75, 3.05) is 32.7 Å². The number of aryl methyl sites for hydroxylation is 1. The lowest BCUT2D eigenvalue weighted by molar-refractivity contribution is -0.139. The SMILES string of the molecule is Cc1ccccc1CC(=O)N1CCN(C(=O)CCCCCCN)CC1. The topological polar surface area (TPSA) is 66.6 Å². The number of carbonyl (C=O) groups excluding carboxylic acids is 2. The first-order valence-electron chi connectivity index (χ1n) is 9.42. The van der Waals surface area contributed by atoms with Crippen LogP contribution in [0.4, 0.5) is 0 Å². The van der Waals surface area contributed by atoms with Crippen LogP contribution in [0.3, 0.4) is 0 Å². The van der Waals surface area contributed by atoms with Crippen LogP contribution in [-0.4, -0.2) is 54.3 Å². The van der Waals surface area contributed by atoms with Gasteiger partial charge < -0.3 is 15.5 Å². The Morgan fingerprint density at radius 2 is 1.52 bits per heavy atom. The quantitative estimate of drug-likeness (QED) is 0.734. The van der Waals surface area contributed by atoms with E-state index in [0.29, 0.717) is 39.0 Å². The average Bonchev–Trinajstić information content (AvgIpc) is 2.63. The summed E-state index contributed by atoms with van der Waals surface area (Å²) in [7, 11) is 0. The summed E-state index contributed by atoms with van der Waals surface area (Å²) in [5, 5.41) is 0. The number of nitrogens with zero attached hydrogens (tertiary/aromatic N) is 2. The second-order valence-electron chi connectivity index (χ2n) is 6.82. The third-order valence-electron chi connectivity index (χ3n) is 4.93. The number of carbonyl (C=O) groups is 2. The molecule has 1 fully saturated rings. The Kier molecular flexibility index (Phi) is 7.92. The second-order valence-corrected chi connectivity index (χ2v) is 6.82. The zero-order chi connectivity index (χ0) is 18.1. The number of rotatable bonds is 8. The Morgan fingerprint density at radius 3 is 2.16 bits per heavy atom. The molecule has 25 heavy (non-hydrogen) atoms. The molecule has 1 aromatic rings. The Hall–Kier alpha value is -1.88. The minimum Gasteiger partial charge on any atom is -0.339 e. The highest BCUT2D eigenvalue weighted by Gasteiger charge is 2.23. The van der Waals surface area contributed by atoms with Gasteiger partial charge in [0.15, 0.2) is 0 Å². The first-order valence-corrected chi connectivity index (χ1v) is 9.42. The highest BCUT2D eigenvalue weighted by atomic mass is 16.2. The van der Waals surface area contributed by atoms with Gasteiger partial charge in [-0.05, 0) is 37.4 Å². The van der Waals surface area contributed by atoms with E-state index in [2.05, 4.69) is 0 Å². The largest absolute Gasteiger partial charge is 0.339 e. The lowest BCUT2D eigenvalue weighted by atomic mass is 10.1. The molecule has 1 aliphatic heterocycles. The van der Waals surface area contributed by atoms with Gasteiger partial charge in [0, 0.05) is 32.6 Å². The minimum atomic E-state index is 0.156. The van der Waals surface area contributed by atoms with Crippen LogP contribution in [0.15, 0.2) is 24.3 Å². The summed E-state index contributed by atoms with van der Waals surface area (Å²) in [6.07, 6.45) is 5.20. The van der Waals surface area contributed by atoms with Crippen molar-refractivity contribution in [2.45, 2.75) is 45.4 Å². The van der Waals surface area contributed by atoms with E-state index in [1.807, 2.05) is 41.0 Å². The fraction of sp³-hybridized carbons (Fsp3) is 0.600. The molecule has 0 atom stereocenters. The maximum Gasteiger partial charge on any atom is 0.227 e. The predicted molar refractivity (Wildman–Crippen MR) is 100 cm³/mol. The number of amides is 2. The molecule has 5 nitrogen and oxygen atoms in total. The molecule has 0 aliphatic carbocycles. The van der Waals surface area contributed by atoms with Gasteiger partial charge in [-0.1, -0.05) is 37.1 Å². The molecule has 138 valence electrons. The molecule has 0 spiro atoms. The minimum absolute atomic E-state index is 0.156. The van der Waals surface area contributed by atoms with Crippen molar-refractivity contribution in [1.29, 1.82) is 0 Å². The van der Waals surface area contributed by atoms with Crippen molar-refractivity contribution in [1.82, 2.24) is 9.80 Å². The van der Waals surface area contributed by atoms with Crippen LogP contribution < -0.4 is 5.73 Å². The molecule has 1 heterocycles. The molecular formula is C20H31N3O2. The maximum atomic E-state index is 12.5. The van der Waals surface area contributed by atoms with E-state index < -0.39 is 0 Å². The third-order valence-corrected chi connectivity index (χ3v) is 4.93. The molecule has 1 aliphatic rings. The summed E-state index contributed by atoms with van der Waals surface area (Å²) >= 11 is 0. The van der Waals surface area contributed by atoms with Crippen molar-refractivity contribution in [3.63, 3.8) is 0 Å². The van der Waals surface area contributed by atoms with Crippen molar-refractivity contribution in [3.05, 3.63) is 35.4 Å². The molecule has 5 heteroatoms. The molecule has 1 saturated heterocycles. The van der Waals surface area contributed by atoms with Gasteiger partial charge in [0.25, 0.3) is 0 Å². The van der Waals surface area contributed by atoms with E-state index in [0.717, 1.165) is 43.4 Å². The van der Waals surface area contributed by atoms with Gasteiger partial charge in [-0.2, -0.15) is 0 Å². The fourth-order valence-electron chi connectivity index (χ4n) is 3.22. The standard InChI is InChI=1S/C20H31N3O2/c1-17-8-5-6-9-18(17)16-20(25)23-14-12-22(13-15-23)19(24)10-4-2-3-7-11-21/h5-6,8-9H,2-4,7,10-16,21H2,1H3. The van der Waals surface area contributed by atoms with Crippen LogP contribution in [-0.2, 0) is 16.0 Å². The van der Waals surface area contributed by atoms with Crippen molar-refractivity contribution >= 4 is 11.8 Å². The molecule has 0 unspecified atom stereocenters. The van der Waals surface area contributed by atoms with Gasteiger partial charge in [-0.25, -0.2) is 0 Å². The average molecular weight is 345 g/mol. The summed E-state index contributed by atoms with van der Waals surface area (Å²) in [5.74, 6) is 0.377. The summed E-state index contributed by atoms with van der Waals surface area (Å²) in [6.45, 7) is 5.36. The Balaban J connectivity index is 1.71. The van der Waals surface area contributed by atoms with Crippen LogP contribution >= 0.6 is 0 Å². The van der Waals surface area contributed by atoms with Gasteiger partial charge in [-0.3, -0.25) is 9.59 Å².